The van der Waals surface area contributed by atoms with Gasteiger partial charge in [0.1, 0.15) is 59.9 Å². The van der Waals surface area contributed by atoms with E-state index < -0.39 is 173 Å². The van der Waals surface area contributed by atoms with E-state index in [0.29, 0.717) is 57.8 Å². The van der Waals surface area contributed by atoms with Crippen molar-refractivity contribution in [2.45, 2.75) is 278 Å². The normalized spacial score (nSPS) is 32.9. The van der Waals surface area contributed by atoms with Crippen molar-refractivity contribution in [1.29, 1.82) is 0 Å². The smallest absolute Gasteiger partial charge is 0.379 e. The molecule has 5 unspecified atom stereocenters. The fourth-order valence-corrected chi connectivity index (χ4v) is 18.4. The summed E-state index contributed by atoms with van der Waals surface area (Å²) < 4.78 is 53.8. The lowest BCUT2D eigenvalue weighted by Crippen LogP contribution is -2.65. The zero-order chi connectivity index (χ0) is 74.9. The summed E-state index contributed by atoms with van der Waals surface area (Å²) in [6.45, 7) is 6.85. The number of carbonyl (C=O) groups is 12. The van der Waals surface area contributed by atoms with E-state index in [1.54, 1.807) is 11.8 Å². The zero-order valence-corrected chi connectivity index (χ0v) is 62.7. The van der Waals surface area contributed by atoms with E-state index in [-0.39, 0.29) is 128 Å². The highest BCUT2D eigenvalue weighted by Gasteiger charge is 2.54. The average Bonchev–Trinajstić information content (AvgIpc) is 1.75. The summed E-state index contributed by atoms with van der Waals surface area (Å²) in [5.41, 5.74) is -1.57. The van der Waals surface area contributed by atoms with Crippen LogP contribution in [0.1, 0.15) is 195 Å². The van der Waals surface area contributed by atoms with Gasteiger partial charge >= 0.3 is 6.18 Å². The number of fused-ring (bicyclic) bond motifs is 4. The third-order valence-corrected chi connectivity index (χ3v) is 24.9. The number of rotatable bonds is 13. The molecule has 30 heteroatoms. The molecule has 5 saturated heterocycles. The molecule has 9 rings (SSSR count). The third kappa shape index (κ3) is 18.5. The number of nitrogens with one attached hydrogen (secondary N) is 4. The molecule has 4 saturated carbocycles. The summed E-state index contributed by atoms with van der Waals surface area (Å²) in [6, 6.07) is -11.8. The first-order valence-electron chi connectivity index (χ1n) is 38.2. The summed E-state index contributed by atoms with van der Waals surface area (Å²) in [6.07, 6.45) is 5.42. The topological polar surface area (TPSA) is 297 Å². The predicted molar refractivity (Wildman–Crippen MR) is 373 cm³/mol. The largest absolute Gasteiger partial charge is 0.393 e. The summed E-state index contributed by atoms with van der Waals surface area (Å²) in [5, 5.41) is 10.4. The minimum Gasteiger partial charge on any atom is -0.379 e. The Morgan fingerprint density at radius 1 is 0.650 bits per heavy atom. The molecule has 578 valence electrons. The van der Waals surface area contributed by atoms with E-state index in [4.69, 9.17) is 21.1 Å². The SMILES string of the molecule is CCCOC[C@H]1C(=O)N(C)CC(=O)N[C@@H](CCC2CCC(C(F)(F)F)C(Cl)C2)C(=O)N2CCC[C@H]2C(=O)NC2(CCCC2)C(=O)N(C)[C@@H](C2CCCC2)C(=O)N(C)[C@H](C(=O)N2C3CCC2COC3)CC(=O)N(C)[C@@H](CC2CCCC2)C(=O)N[C@@H]([C@@H](C)CC)C(=O)N[C@@H](C)C(=O)N2CC[C@H]2C(=O)N1C. The van der Waals surface area contributed by atoms with Crippen LogP contribution in [-0.2, 0) is 67.0 Å². The first-order valence-corrected chi connectivity index (χ1v) is 38.7. The van der Waals surface area contributed by atoms with Crippen LogP contribution < -0.4 is 21.3 Å². The lowest BCUT2D eigenvalue weighted by molar-refractivity contribution is -0.182. The molecule has 4 N–H and O–H groups in total. The molecule has 103 heavy (non-hydrogen) atoms. The van der Waals surface area contributed by atoms with Crippen molar-refractivity contribution in [2.75, 3.05) is 81.3 Å². The maximum absolute atomic E-state index is 15.9. The highest BCUT2D eigenvalue weighted by molar-refractivity contribution is 6.21. The fourth-order valence-electron chi connectivity index (χ4n) is 17.8. The summed E-state index contributed by atoms with van der Waals surface area (Å²) in [5.74, 6) is -10.7. The molecule has 0 aromatic heterocycles. The van der Waals surface area contributed by atoms with Gasteiger partial charge in [0.25, 0.3) is 0 Å². The van der Waals surface area contributed by atoms with Gasteiger partial charge < -0.3 is 69.9 Å². The number of ether oxygens (including phenoxy) is 2. The zero-order valence-electron chi connectivity index (χ0n) is 62.0. The van der Waals surface area contributed by atoms with E-state index in [9.17, 15) is 37.1 Å². The van der Waals surface area contributed by atoms with Gasteiger partial charge in [-0.1, -0.05) is 78.6 Å². The number of amides is 12. The molecule has 5 heterocycles. The molecule has 2 bridgehead atoms. The van der Waals surface area contributed by atoms with Crippen molar-refractivity contribution < 1.29 is 80.2 Å². The lowest BCUT2D eigenvalue weighted by Gasteiger charge is -2.44. The van der Waals surface area contributed by atoms with Gasteiger partial charge in [0.15, 0.2) is 0 Å². The number of halogens is 4. The molecular weight excluding hydrogens is 1360 g/mol. The van der Waals surface area contributed by atoms with E-state index in [1.165, 1.54) is 66.7 Å². The van der Waals surface area contributed by atoms with Crippen LogP contribution in [0.3, 0.4) is 0 Å². The van der Waals surface area contributed by atoms with E-state index >= 15 is 33.6 Å². The van der Waals surface area contributed by atoms with Gasteiger partial charge in [-0.2, -0.15) is 13.2 Å². The predicted octanol–water partition coefficient (Wildman–Crippen LogP) is 4.65. The molecule has 0 aromatic carbocycles. The van der Waals surface area contributed by atoms with Crippen LogP contribution in [0.4, 0.5) is 13.2 Å². The Morgan fingerprint density at radius 2 is 1.30 bits per heavy atom. The van der Waals surface area contributed by atoms with Crippen LogP contribution in [-0.4, -0.2) is 275 Å². The molecule has 9 aliphatic rings. The Labute approximate surface area is 609 Å². The average molecular weight is 1480 g/mol. The first-order chi connectivity index (χ1) is 48.9. The first kappa shape index (κ1) is 80.7. The van der Waals surface area contributed by atoms with Crippen molar-refractivity contribution in [2.24, 2.45) is 29.6 Å². The van der Waals surface area contributed by atoms with Crippen LogP contribution in [0.5, 0.6) is 0 Å². The Bertz CT molecular complexity index is 3060. The van der Waals surface area contributed by atoms with Crippen LogP contribution >= 0.6 is 11.6 Å². The molecule has 26 nitrogen and oxygen atoms in total. The van der Waals surface area contributed by atoms with Crippen molar-refractivity contribution in [3.05, 3.63) is 0 Å². The van der Waals surface area contributed by atoms with Crippen LogP contribution in [0.2, 0.25) is 0 Å². The number of hydrogen-bond donors (Lipinski definition) is 4. The van der Waals surface area contributed by atoms with Gasteiger partial charge in [0.2, 0.25) is 70.9 Å². The van der Waals surface area contributed by atoms with Gasteiger partial charge in [-0.05, 0) is 133 Å². The van der Waals surface area contributed by atoms with Gasteiger partial charge in [0, 0.05) is 60.3 Å². The Hall–Kier alpha value is -6.36. The third-order valence-electron chi connectivity index (χ3n) is 24.5. The molecule has 15 atom stereocenters. The second-order valence-electron chi connectivity index (χ2n) is 31.3. The molecule has 9 fully saturated rings. The Kier molecular flexibility index (Phi) is 27.7. The van der Waals surface area contributed by atoms with Crippen molar-refractivity contribution in [3.63, 3.8) is 0 Å². The second kappa shape index (κ2) is 35.4. The molecule has 0 aromatic rings. The number of hydrogen-bond acceptors (Lipinski definition) is 14. The van der Waals surface area contributed by atoms with E-state index in [2.05, 4.69) is 21.3 Å². The number of nitrogens with zero attached hydrogens (tertiary/aromatic N) is 8. The molecule has 1 spiro atoms. The summed E-state index contributed by atoms with van der Waals surface area (Å²) in [7, 11) is 7.20. The standard InChI is InChI=1S/C73H114ClF3N12O14/c1-10-35-102-42-57-67(97)82(5)39-58(90)79-52(29-25-46-24-28-50(51(74)36-46)73(75,76)77)66(96)87-33-18-23-53(87)63(93)81-72(31-16-17-32-72)71(101)86(9)61(47-21-14-15-22-47)70(100)84(7)56(69(99)89-48-26-27-49(89)41-103-40-48)38-59(91)83(6)55(37-45-19-12-13-20-45)62(92)80-60(43(3)11-2)64(94)78-44(4)65(95)88-34-30-54(88)68(98)85(57)8/h43-57,60-61H,10-42H2,1-9H3,(H,78,94)(H,79,90)(H,80,92)(H,81,93)/t43-,44-,46?,48?,49?,50?,51?,52-,53-,54-,55-,56-,57-,60-,61-/m0/s1. The quantitative estimate of drug-likeness (QED) is 0.144. The molecule has 12 amide bonds. The molecule has 5 aliphatic heterocycles. The van der Waals surface area contributed by atoms with Crippen molar-refractivity contribution in [3.8, 4) is 0 Å². The second-order valence-corrected chi connectivity index (χ2v) is 31.9. The minimum atomic E-state index is -4.52. The van der Waals surface area contributed by atoms with Gasteiger partial charge in [-0.15, -0.1) is 11.6 Å². The number of morpholine rings is 1. The highest BCUT2D eigenvalue weighted by atomic mass is 35.5. The van der Waals surface area contributed by atoms with Crippen molar-refractivity contribution >= 4 is 82.5 Å². The number of carbonyl (C=O) groups excluding carboxylic acids is 12. The van der Waals surface area contributed by atoms with Gasteiger partial charge in [-0.25, -0.2) is 0 Å². The fraction of sp³-hybridized carbons (Fsp3) is 0.836. The Morgan fingerprint density at radius 3 is 1.91 bits per heavy atom. The summed E-state index contributed by atoms with van der Waals surface area (Å²) >= 11 is 6.40. The molecule has 4 aliphatic carbocycles. The van der Waals surface area contributed by atoms with Crippen LogP contribution in [0.15, 0.2) is 0 Å². The number of alkyl halides is 4. The Balaban J connectivity index is 1.07. The van der Waals surface area contributed by atoms with Gasteiger partial charge in [0.05, 0.1) is 50.8 Å². The van der Waals surface area contributed by atoms with Gasteiger partial charge in [-0.3, -0.25) is 57.5 Å². The van der Waals surface area contributed by atoms with E-state index in [0.717, 1.165) is 48.3 Å². The highest BCUT2D eigenvalue weighted by Crippen LogP contribution is 2.44. The number of likely N-dealkylation sites (N-methyl/N-ethyl adjacent to an activating group) is 5. The van der Waals surface area contributed by atoms with E-state index in [1.807, 2.05) is 13.8 Å². The maximum atomic E-state index is 15.9. The molecular formula is C73H114ClF3N12O14. The van der Waals surface area contributed by atoms with Crippen molar-refractivity contribution in [1.82, 2.24) is 60.5 Å². The monoisotopic (exact) mass is 1470 g/mol. The minimum absolute atomic E-state index is 0.0115. The molecule has 0 radical (unpaired) electrons. The van der Waals surface area contributed by atoms with Crippen LogP contribution in [0.25, 0.3) is 0 Å². The maximum Gasteiger partial charge on any atom is 0.393 e. The van der Waals surface area contributed by atoms with Crippen LogP contribution in [0, 0.1) is 29.6 Å². The summed E-state index contributed by atoms with van der Waals surface area (Å²) in [4.78, 5) is 192. The lowest BCUT2D eigenvalue weighted by atomic mass is 9.78.